The number of hydrogen-bond acceptors (Lipinski definition) is 5. The lowest BCUT2D eigenvalue weighted by Gasteiger charge is -2.28. The van der Waals surface area contributed by atoms with Crippen molar-refractivity contribution in [2.75, 3.05) is 36.5 Å². The summed E-state index contributed by atoms with van der Waals surface area (Å²) in [5.41, 5.74) is 2.97. The molecule has 1 aliphatic heterocycles. The van der Waals surface area contributed by atoms with Gasteiger partial charge < -0.3 is 19.9 Å². The number of hydrogen-bond donors (Lipinski definition) is 2. The lowest BCUT2D eigenvalue weighted by molar-refractivity contribution is 0.122. The van der Waals surface area contributed by atoms with Crippen molar-refractivity contribution >= 4 is 44.3 Å². The molecule has 1 saturated heterocycles. The van der Waals surface area contributed by atoms with Crippen LogP contribution in [0.4, 0.5) is 17.3 Å². The Balaban J connectivity index is 1.53. The molecule has 0 bridgehead atoms. The van der Waals surface area contributed by atoms with E-state index in [4.69, 9.17) is 4.74 Å². The summed E-state index contributed by atoms with van der Waals surface area (Å²) in [6, 6.07) is 10.2. The van der Waals surface area contributed by atoms with Crippen LogP contribution >= 0.6 is 15.9 Å². The standard InChI is InChI=1S/C16H16BrN5O/c17-14-13-5-6-18-15(13)21-16(20-14)19-11-1-3-12(4-2-11)22-7-9-23-10-8-22/h1-6H,7-10H2,(H2,18,19,20,21). The molecule has 2 N–H and O–H groups in total. The molecule has 0 unspecified atom stereocenters. The van der Waals surface area contributed by atoms with Crippen molar-refractivity contribution in [1.82, 2.24) is 15.0 Å². The van der Waals surface area contributed by atoms with Crippen molar-refractivity contribution in [3.8, 4) is 0 Å². The minimum absolute atomic E-state index is 0.561. The summed E-state index contributed by atoms with van der Waals surface area (Å²) >= 11 is 3.47. The Labute approximate surface area is 142 Å². The number of aromatic nitrogens is 3. The van der Waals surface area contributed by atoms with Crippen LogP contribution in [0.25, 0.3) is 11.0 Å². The molecular weight excluding hydrogens is 358 g/mol. The van der Waals surface area contributed by atoms with Crippen molar-refractivity contribution in [2.45, 2.75) is 0 Å². The first kappa shape index (κ1) is 14.5. The summed E-state index contributed by atoms with van der Waals surface area (Å²) in [6.45, 7) is 3.45. The maximum Gasteiger partial charge on any atom is 0.230 e. The average molecular weight is 374 g/mol. The topological polar surface area (TPSA) is 66.1 Å². The molecule has 0 saturated carbocycles. The van der Waals surface area contributed by atoms with E-state index in [-0.39, 0.29) is 0 Å². The highest BCUT2D eigenvalue weighted by molar-refractivity contribution is 9.10. The minimum atomic E-state index is 0.561. The van der Waals surface area contributed by atoms with Crippen LogP contribution in [0, 0.1) is 0 Å². The molecule has 1 aromatic carbocycles. The number of H-pyrrole nitrogens is 1. The zero-order valence-corrected chi connectivity index (χ0v) is 14.0. The number of anilines is 3. The number of halogens is 1. The molecule has 0 spiro atoms. The first-order valence-electron chi connectivity index (χ1n) is 7.50. The van der Waals surface area contributed by atoms with E-state index in [1.807, 2.05) is 24.4 Å². The summed E-state index contributed by atoms with van der Waals surface area (Å²) in [4.78, 5) is 14.3. The van der Waals surface area contributed by atoms with Gasteiger partial charge in [0.25, 0.3) is 0 Å². The van der Waals surface area contributed by atoms with E-state index in [1.165, 1.54) is 5.69 Å². The van der Waals surface area contributed by atoms with E-state index in [0.717, 1.165) is 47.6 Å². The SMILES string of the molecule is Brc1nc(Nc2ccc(N3CCOCC3)cc2)nc2[nH]ccc12. The van der Waals surface area contributed by atoms with Crippen LogP contribution < -0.4 is 10.2 Å². The molecule has 1 fully saturated rings. The van der Waals surface area contributed by atoms with Gasteiger partial charge in [-0.25, -0.2) is 4.98 Å². The Morgan fingerprint density at radius 2 is 1.87 bits per heavy atom. The van der Waals surface area contributed by atoms with E-state index >= 15 is 0 Å². The predicted octanol–water partition coefficient (Wildman–Crippen LogP) is 3.30. The number of fused-ring (bicyclic) bond motifs is 1. The number of nitrogens with zero attached hydrogens (tertiary/aromatic N) is 3. The molecule has 0 atom stereocenters. The quantitative estimate of drug-likeness (QED) is 0.689. The molecule has 1 aliphatic rings. The van der Waals surface area contributed by atoms with Gasteiger partial charge in [-0.3, -0.25) is 0 Å². The summed E-state index contributed by atoms with van der Waals surface area (Å²) in [6.07, 6.45) is 1.85. The monoisotopic (exact) mass is 373 g/mol. The Kier molecular flexibility index (Phi) is 3.88. The first-order valence-corrected chi connectivity index (χ1v) is 8.29. The fraction of sp³-hybridized carbons (Fsp3) is 0.250. The maximum absolute atomic E-state index is 5.39. The maximum atomic E-state index is 5.39. The third kappa shape index (κ3) is 3.02. The Morgan fingerprint density at radius 3 is 2.65 bits per heavy atom. The second kappa shape index (κ2) is 6.17. The van der Waals surface area contributed by atoms with Crippen LogP contribution in [-0.2, 0) is 4.74 Å². The molecule has 0 amide bonds. The molecule has 2 aromatic heterocycles. The smallest absolute Gasteiger partial charge is 0.230 e. The highest BCUT2D eigenvalue weighted by Gasteiger charge is 2.11. The van der Waals surface area contributed by atoms with E-state index in [0.29, 0.717) is 5.95 Å². The van der Waals surface area contributed by atoms with Gasteiger partial charge in [-0.2, -0.15) is 4.98 Å². The van der Waals surface area contributed by atoms with Crippen LogP contribution in [0.2, 0.25) is 0 Å². The van der Waals surface area contributed by atoms with Gasteiger partial charge in [0.05, 0.1) is 18.6 Å². The largest absolute Gasteiger partial charge is 0.378 e. The second-order valence-corrected chi connectivity index (χ2v) is 6.10. The van der Waals surface area contributed by atoms with Crippen molar-refractivity contribution in [1.29, 1.82) is 0 Å². The van der Waals surface area contributed by atoms with Crippen LogP contribution in [-0.4, -0.2) is 41.3 Å². The van der Waals surface area contributed by atoms with Gasteiger partial charge in [-0.15, -0.1) is 0 Å². The van der Waals surface area contributed by atoms with Gasteiger partial charge >= 0.3 is 0 Å². The van der Waals surface area contributed by atoms with E-state index in [2.05, 4.69) is 53.2 Å². The van der Waals surface area contributed by atoms with Crippen LogP contribution in [0.3, 0.4) is 0 Å². The zero-order chi connectivity index (χ0) is 15.6. The number of nitrogens with one attached hydrogen (secondary N) is 2. The van der Waals surface area contributed by atoms with Crippen molar-refractivity contribution in [2.24, 2.45) is 0 Å². The molecule has 23 heavy (non-hydrogen) atoms. The fourth-order valence-electron chi connectivity index (χ4n) is 2.67. The van der Waals surface area contributed by atoms with Gasteiger partial charge in [0, 0.05) is 30.7 Å². The summed E-state index contributed by atoms with van der Waals surface area (Å²) in [5.74, 6) is 0.561. The van der Waals surface area contributed by atoms with Crippen LogP contribution in [0.15, 0.2) is 41.1 Å². The van der Waals surface area contributed by atoms with Gasteiger partial charge in [0.1, 0.15) is 10.3 Å². The number of morpholine rings is 1. The Bertz CT molecular complexity index is 811. The second-order valence-electron chi connectivity index (χ2n) is 5.35. The number of ether oxygens (including phenoxy) is 1. The highest BCUT2D eigenvalue weighted by atomic mass is 79.9. The number of rotatable bonds is 3. The Morgan fingerprint density at radius 1 is 1.09 bits per heavy atom. The third-order valence-corrected chi connectivity index (χ3v) is 4.47. The molecular formula is C16H16BrN5O. The predicted molar refractivity (Wildman–Crippen MR) is 94.3 cm³/mol. The van der Waals surface area contributed by atoms with Crippen LogP contribution in [0.1, 0.15) is 0 Å². The molecule has 118 valence electrons. The minimum Gasteiger partial charge on any atom is -0.378 e. The Hall–Kier alpha value is -2.12. The molecule has 7 heteroatoms. The lowest BCUT2D eigenvalue weighted by Crippen LogP contribution is -2.36. The zero-order valence-electron chi connectivity index (χ0n) is 12.4. The highest BCUT2D eigenvalue weighted by Crippen LogP contribution is 2.24. The lowest BCUT2D eigenvalue weighted by atomic mass is 10.2. The van der Waals surface area contributed by atoms with E-state index < -0.39 is 0 Å². The van der Waals surface area contributed by atoms with Crippen molar-refractivity contribution < 1.29 is 4.74 Å². The summed E-state index contributed by atoms with van der Waals surface area (Å²) < 4.78 is 6.16. The molecule has 4 rings (SSSR count). The molecule has 3 aromatic rings. The average Bonchev–Trinajstić information content (AvgIpc) is 3.05. The summed E-state index contributed by atoms with van der Waals surface area (Å²) in [7, 11) is 0. The third-order valence-electron chi connectivity index (χ3n) is 3.87. The fourth-order valence-corrected chi connectivity index (χ4v) is 3.15. The number of aromatic amines is 1. The normalized spacial score (nSPS) is 15.1. The molecule has 6 nitrogen and oxygen atoms in total. The molecule has 0 radical (unpaired) electrons. The van der Waals surface area contributed by atoms with Gasteiger partial charge in [0.2, 0.25) is 5.95 Å². The van der Waals surface area contributed by atoms with Gasteiger partial charge in [-0.05, 0) is 46.3 Å². The molecule has 3 heterocycles. The van der Waals surface area contributed by atoms with E-state index in [1.54, 1.807) is 0 Å². The summed E-state index contributed by atoms with van der Waals surface area (Å²) in [5, 5.41) is 4.21. The van der Waals surface area contributed by atoms with Gasteiger partial charge in [0.15, 0.2) is 0 Å². The van der Waals surface area contributed by atoms with Crippen LogP contribution in [0.5, 0.6) is 0 Å². The number of benzene rings is 1. The first-order chi connectivity index (χ1) is 11.3. The van der Waals surface area contributed by atoms with Gasteiger partial charge in [-0.1, -0.05) is 0 Å². The molecule has 0 aliphatic carbocycles. The van der Waals surface area contributed by atoms with E-state index in [9.17, 15) is 0 Å². The van der Waals surface area contributed by atoms with Crippen molar-refractivity contribution in [3.05, 3.63) is 41.1 Å². The van der Waals surface area contributed by atoms with Crippen molar-refractivity contribution in [3.63, 3.8) is 0 Å².